The number of ether oxygens (including phenoxy) is 1. The maximum absolute atomic E-state index is 12.3. The third-order valence-electron chi connectivity index (χ3n) is 4.28. The van der Waals surface area contributed by atoms with Crippen LogP contribution in [0.1, 0.15) is 10.5 Å². The van der Waals surface area contributed by atoms with Crippen molar-refractivity contribution in [3.8, 4) is 22.8 Å². The lowest BCUT2D eigenvalue weighted by molar-refractivity contribution is 0.108. The van der Waals surface area contributed by atoms with Gasteiger partial charge in [-0.25, -0.2) is 14.8 Å². The molecule has 0 aliphatic heterocycles. The van der Waals surface area contributed by atoms with Crippen LogP contribution in [0.3, 0.4) is 0 Å². The third-order valence-corrected chi connectivity index (χ3v) is 4.51. The molecule has 2 aromatic heterocycles. The Hall–Kier alpha value is -4.24. The van der Waals surface area contributed by atoms with Gasteiger partial charge in [0.25, 0.3) is 0 Å². The van der Waals surface area contributed by atoms with E-state index in [0.717, 1.165) is 5.56 Å². The van der Waals surface area contributed by atoms with Crippen LogP contribution >= 0.6 is 12.6 Å². The van der Waals surface area contributed by atoms with Crippen molar-refractivity contribution >= 4 is 35.3 Å². The van der Waals surface area contributed by atoms with E-state index in [2.05, 4.69) is 38.2 Å². The number of aromatic nitrogens is 3. The number of rotatable bonds is 6. The number of carbonyl (C=O) groups excluding carboxylic acids is 2. The van der Waals surface area contributed by atoms with Gasteiger partial charge in [-0.3, -0.25) is 15.1 Å². The van der Waals surface area contributed by atoms with Crippen LogP contribution < -0.4 is 15.4 Å². The van der Waals surface area contributed by atoms with Crippen molar-refractivity contribution in [2.24, 2.45) is 0 Å². The Balaban J connectivity index is 1.37. The van der Waals surface area contributed by atoms with E-state index in [1.165, 1.54) is 18.6 Å². The predicted octanol–water partition coefficient (Wildman–Crippen LogP) is 5.04. The predicted molar refractivity (Wildman–Crippen MR) is 124 cm³/mol. The Labute approximate surface area is 189 Å². The van der Waals surface area contributed by atoms with Gasteiger partial charge in [0.2, 0.25) is 5.12 Å². The summed E-state index contributed by atoms with van der Waals surface area (Å²) >= 11 is 3.75. The average molecular weight is 443 g/mol. The van der Waals surface area contributed by atoms with E-state index in [-0.39, 0.29) is 5.69 Å². The first-order valence-electron chi connectivity index (χ1n) is 9.49. The molecular formula is C23H17N5O3S. The van der Waals surface area contributed by atoms with Gasteiger partial charge in [-0.1, -0.05) is 43.0 Å². The van der Waals surface area contributed by atoms with E-state index < -0.39 is 11.1 Å². The number of nitrogens with one attached hydrogen (secondary N) is 2. The normalized spacial score (nSPS) is 10.3. The largest absolute Gasteiger partial charge is 0.457 e. The highest BCUT2D eigenvalue weighted by molar-refractivity contribution is 7.97. The summed E-state index contributed by atoms with van der Waals surface area (Å²) in [5.41, 5.74) is 2.39. The summed E-state index contributed by atoms with van der Waals surface area (Å²) in [5, 5.41) is 4.98. The molecule has 0 unspecified atom stereocenters. The first kappa shape index (κ1) is 21.0. The highest BCUT2D eigenvalue weighted by Crippen LogP contribution is 2.24. The fraction of sp³-hybridized carbons (Fsp3) is 0. The Morgan fingerprint density at radius 1 is 0.812 bits per heavy atom. The van der Waals surface area contributed by atoms with Crippen LogP contribution in [-0.2, 0) is 0 Å². The van der Waals surface area contributed by atoms with E-state index in [4.69, 9.17) is 4.74 Å². The fourth-order valence-electron chi connectivity index (χ4n) is 2.81. The quantitative estimate of drug-likeness (QED) is 0.360. The lowest BCUT2D eigenvalue weighted by Crippen LogP contribution is -2.20. The monoisotopic (exact) mass is 443 g/mol. The van der Waals surface area contributed by atoms with Gasteiger partial charge < -0.3 is 10.1 Å². The molecule has 0 radical (unpaired) electrons. The minimum absolute atomic E-state index is 0.195. The number of hydrogen-bond acceptors (Lipinski definition) is 6. The SMILES string of the molecule is O=C(Nc1ccc(Oc2ccnc(C(=O)S)c2)cc1)Nc1cc(-c2ccccc2)ncn1. The summed E-state index contributed by atoms with van der Waals surface area (Å²) in [7, 11) is 0. The molecule has 2 heterocycles. The van der Waals surface area contributed by atoms with Crippen molar-refractivity contribution < 1.29 is 14.3 Å². The smallest absolute Gasteiger partial charge is 0.324 e. The molecule has 158 valence electrons. The number of amides is 2. The van der Waals surface area contributed by atoms with Crippen LogP contribution in [0.15, 0.2) is 85.3 Å². The molecule has 4 rings (SSSR count). The van der Waals surface area contributed by atoms with Crippen LogP contribution in [0.25, 0.3) is 11.3 Å². The zero-order valence-corrected chi connectivity index (χ0v) is 17.5. The average Bonchev–Trinajstić information content (AvgIpc) is 2.81. The molecule has 0 saturated heterocycles. The van der Waals surface area contributed by atoms with Crippen molar-refractivity contribution in [2.75, 3.05) is 10.6 Å². The molecule has 0 aliphatic rings. The molecule has 4 aromatic rings. The van der Waals surface area contributed by atoms with Gasteiger partial charge in [-0.05, 0) is 30.3 Å². The van der Waals surface area contributed by atoms with E-state index in [1.807, 2.05) is 30.3 Å². The first-order valence-corrected chi connectivity index (χ1v) is 9.94. The van der Waals surface area contributed by atoms with Crippen LogP contribution in [0.4, 0.5) is 16.3 Å². The minimum Gasteiger partial charge on any atom is -0.457 e. The molecule has 32 heavy (non-hydrogen) atoms. The summed E-state index contributed by atoms with van der Waals surface area (Å²) in [6, 6.07) is 20.8. The van der Waals surface area contributed by atoms with Crippen molar-refractivity contribution in [3.05, 3.63) is 91.0 Å². The number of nitrogens with zero attached hydrogens (tertiary/aromatic N) is 3. The molecule has 0 fully saturated rings. The molecule has 2 N–H and O–H groups in total. The molecule has 9 heteroatoms. The maximum atomic E-state index is 12.3. The Morgan fingerprint density at radius 3 is 2.34 bits per heavy atom. The summed E-state index contributed by atoms with van der Waals surface area (Å²) < 4.78 is 5.71. The molecule has 0 atom stereocenters. The Morgan fingerprint density at radius 2 is 1.59 bits per heavy atom. The van der Waals surface area contributed by atoms with Crippen molar-refractivity contribution in [2.45, 2.75) is 0 Å². The van der Waals surface area contributed by atoms with Gasteiger partial charge >= 0.3 is 6.03 Å². The molecule has 2 amide bonds. The second-order valence-corrected chi connectivity index (χ2v) is 6.95. The van der Waals surface area contributed by atoms with Crippen LogP contribution in [0.2, 0.25) is 0 Å². The van der Waals surface area contributed by atoms with Crippen molar-refractivity contribution in [3.63, 3.8) is 0 Å². The molecule has 0 spiro atoms. The van der Waals surface area contributed by atoms with Crippen LogP contribution in [-0.4, -0.2) is 26.1 Å². The standard InChI is InChI=1S/C23H17N5O3S/c29-22(32)20-12-18(10-11-24-20)31-17-8-6-16(7-9-17)27-23(30)28-21-13-19(25-14-26-21)15-4-2-1-3-5-15/h1-14H,(H,29,32)(H2,25,26,27,28,30). The summed E-state index contributed by atoms with van der Waals surface area (Å²) in [6.07, 6.45) is 2.87. The van der Waals surface area contributed by atoms with Gasteiger partial charge in [0.1, 0.15) is 29.3 Å². The molecular weight excluding hydrogens is 426 g/mol. The Kier molecular flexibility index (Phi) is 6.38. The van der Waals surface area contributed by atoms with E-state index in [0.29, 0.717) is 28.7 Å². The molecule has 0 saturated carbocycles. The molecule has 0 bridgehead atoms. The van der Waals surface area contributed by atoms with E-state index >= 15 is 0 Å². The molecule has 2 aromatic carbocycles. The second kappa shape index (κ2) is 9.71. The summed E-state index contributed by atoms with van der Waals surface area (Å²) in [6.45, 7) is 0. The van der Waals surface area contributed by atoms with Gasteiger partial charge in [-0.2, -0.15) is 0 Å². The van der Waals surface area contributed by atoms with Crippen LogP contribution in [0.5, 0.6) is 11.5 Å². The first-order chi connectivity index (χ1) is 15.6. The second-order valence-electron chi connectivity index (χ2n) is 6.54. The topological polar surface area (TPSA) is 106 Å². The lowest BCUT2D eigenvalue weighted by Gasteiger charge is -2.10. The summed E-state index contributed by atoms with van der Waals surface area (Å²) in [4.78, 5) is 35.9. The van der Waals surface area contributed by atoms with Gasteiger partial charge in [-0.15, -0.1) is 0 Å². The number of thiol groups is 1. The molecule has 0 aliphatic carbocycles. The Bertz CT molecular complexity index is 1250. The summed E-state index contributed by atoms with van der Waals surface area (Å²) in [5.74, 6) is 1.36. The number of benzene rings is 2. The maximum Gasteiger partial charge on any atom is 0.324 e. The molecule has 8 nitrogen and oxygen atoms in total. The zero-order valence-electron chi connectivity index (χ0n) is 16.6. The van der Waals surface area contributed by atoms with Gasteiger partial charge in [0, 0.05) is 29.6 Å². The van der Waals surface area contributed by atoms with Gasteiger partial charge in [0.05, 0.1) is 5.69 Å². The number of carbonyl (C=O) groups is 2. The van der Waals surface area contributed by atoms with Crippen LogP contribution in [0, 0.1) is 0 Å². The van der Waals surface area contributed by atoms with E-state index in [9.17, 15) is 9.59 Å². The number of pyridine rings is 1. The van der Waals surface area contributed by atoms with Crippen molar-refractivity contribution in [1.29, 1.82) is 0 Å². The highest BCUT2D eigenvalue weighted by Gasteiger charge is 2.08. The van der Waals surface area contributed by atoms with Gasteiger partial charge in [0.15, 0.2) is 0 Å². The number of urea groups is 1. The minimum atomic E-state index is -0.444. The third kappa shape index (κ3) is 5.46. The highest BCUT2D eigenvalue weighted by atomic mass is 32.1. The number of hydrogen-bond donors (Lipinski definition) is 3. The van der Waals surface area contributed by atoms with E-state index in [1.54, 1.807) is 36.4 Å². The fourth-order valence-corrected chi connectivity index (χ4v) is 2.93. The van der Waals surface area contributed by atoms with Crippen molar-refractivity contribution in [1.82, 2.24) is 15.0 Å². The lowest BCUT2D eigenvalue weighted by atomic mass is 10.1. The zero-order chi connectivity index (χ0) is 22.3. The number of anilines is 2.